The zero-order valence-electron chi connectivity index (χ0n) is 22.0. The molecule has 0 aliphatic carbocycles. The van der Waals surface area contributed by atoms with E-state index in [9.17, 15) is 14.4 Å². The van der Waals surface area contributed by atoms with Gasteiger partial charge >= 0.3 is 0 Å². The highest BCUT2D eigenvalue weighted by atomic mass is 35.5. The lowest BCUT2D eigenvalue weighted by atomic mass is 9.98. The van der Waals surface area contributed by atoms with E-state index in [-0.39, 0.29) is 23.5 Å². The first kappa shape index (κ1) is 27.8. The first-order valence-electron chi connectivity index (χ1n) is 13.0. The van der Waals surface area contributed by atoms with E-state index in [4.69, 9.17) is 28.9 Å². The molecule has 1 saturated heterocycles. The third kappa shape index (κ3) is 5.89. The summed E-state index contributed by atoms with van der Waals surface area (Å²) in [6.45, 7) is 2.46. The monoisotopic (exact) mass is 577 g/mol. The van der Waals surface area contributed by atoms with E-state index >= 15 is 0 Å². The number of nitrogens with two attached hydrogens (primary N) is 1. The van der Waals surface area contributed by atoms with Crippen molar-refractivity contribution in [3.8, 4) is 11.1 Å². The van der Waals surface area contributed by atoms with Crippen molar-refractivity contribution < 1.29 is 9.59 Å². The van der Waals surface area contributed by atoms with Gasteiger partial charge in [0.15, 0.2) is 0 Å². The molecule has 1 atom stereocenters. The molecule has 1 aromatic heterocycles. The summed E-state index contributed by atoms with van der Waals surface area (Å²) in [5, 5.41) is 0.607. The topological polar surface area (TPSA) is 102 Å². The van der Waals surface area contributed by atoms with Crippen molar-refractivity contribution in [3.05, 3.63) is 98.4 Å². The quantitative estimate of drug-likeness (QED) is 0.325. The highest BCUT2D eigenvalue weighted by molar-refractivity contribution is 6.42. The van der Waals surface area contributed by atoms with Gasteiger partial charge in [-0.3, -0.25) is 19.0 Å². The number of aromatic nitrogens is 2. The van der Waals surface area contributed by atoms with Gasteiger partial charge in [0.25, 0.3) is 5.56 Å². The molecule has 0 bridgehead atoms. The number of hydrogen-bond donors (Lipinski definition) is 1. The number of rotatable bonds is 8. The van der Waals surface area contributed by atoms with Crippen molar-refractivity contribution in [2.75, 3.05) is 26.7 Å². The van der Waals surface area contributed by atoms with Crippen LogP contribution in [0.1, 0.15) is 34.8 Å². The van der Waals surface area contributed by atoms with Crippen LogP contribution in [-0.4, -0.2) is 57.8 Å². The number of amides is 2. The molecule has 2 amide bonds. The van der Waals surface area contributed by atoms with Crippen LogP contribution in [0.25, 0.3) is 22.2 Å². The average Bonchev–Trinajstić information content (AvgIpc) is 3.47. The van der Waals surface area contributed by atoms with Gasteiger partial charge in [-0.25, -0.2) is 4.98 Å². The van der Waals surface area contributed by atoms with Crippen LogP contribution >= 0.6 is 23.2 Å². The molecular formula is C30H29Cl2N5O3. The van der Waals surface area contributed by atoms with Crippen molar-refractivity contribution in [3.63, 3.8) is 0 Å². The number of carbonyl (C=O) groups excluding carboxylic acids is 2. The first-order valence-corrected chi connectivity index (χ1v) is 13.8. The van der Waals surface area contributed by atoms with E-state index in [1.54, 1.807) is 42.3 Å². The van der Waals surface area contributed by atoms with E-state index in [1.165, 1.54) is 10.8 Å². The van der Waals surface area contributed by atoms with Crippen LogP contribution in [0, 0.1) is 0 Å². The maximum atomic E-state index is 13.7. The molecule has 40 heavy (non-hydrogen) atoms. The molecular weight excluding hydrogens is 549 g/mol. The summed E-state index contributed by atoms with van der Waals surface area (Å²) in [6.07, 6.45) is 3.44. The summed E-state index contributed by atoms with van der Waals surface area (Å²) in [7, 11) is 1.77. The molecule has 2 N–H and O–H groups in total. The van der Waals surface area contributed by atoms with Crippen molar-refractivity contribution in [2.45, 2.75) is 25.4 Å². The fourth-order valence-corrected chi connectivity index (χ4v) is 5.47. The predicted octanol–water partition coefficient (Wildman–Crippen LogP) is 4.76. The fourth-order valence-electron chi connectivity index (χ4n) is 5.15. The molecule has 5 rings (SSSR count). The lowest BCUT2D eigenvalue weighted by molar-refractivity contribution is -0.133. The molecule has 1 aliphatic rings. The number of fused-ring (bicyclic) bond motifs is 1. The molecule has 3 aromatic carbocycles. The van der Waals surface area contributed by atoms with Crippen molar-refractivity contribution in [2.24, 2.45) is 5.73 Å². The van der Waals surface area contributed by atoms with Crippen LogP contribution in [0.4, 0.5) is 0 Å². The molecule has 206 valence electrons. The molecule has 1 aliphatic heterocycles. The highest BCUT2D eigenvalue weighted by Crippen LogP contribution is 2.29. The molecule has 8 nitrogen and oxygen atoms in total. The number of hydrogen-bond acceptors (Lipinski definition) is 5. The average molecular weight is 579 g/mol. The van der Waals surface area contributed by atoms with Crippen LogP contribution < -0.4 is 11.3 Å². The summed E-state index contributed by atoms with van der Waals surface area (Å²) < 4.78 is 1.38. The van der Waals surface area contributed by atoms with Crippen molar-refractivity contribution in [1.29, 1.82) is 0 Å². The lowest BCUT2D eigenvalue weighted by Crippen LogP contribution is -2.41. The Kier molecular flexibility index (Phi) is 8.21. The Hall–Kier alpha value is -3.72. The molecule has 2 heterocycles. The summed E-state index contributed by atoms with van der Waals surface area (Å²) in [4.78, 5) is 46.3. The predicted molar refractivity (Wildman–Crippen MR) is 158 cm³/mol. The van der Waals surface area contributed by atoms with Gasteiger partial charge in [0.2, 0.25) is 11.8 Å². The van der Waals surface area contributed by atoms with E-state index in [1.807, 2.05) is 30.3 Å². The summed E-state index contributed by atoms with van der Waals surface area (Å²) >= 11 is 12.4. The third-order valence-electron chi connectivity index (χ3n) is 7.45. The number of halogens is 2. The number of likely N-dealkylation sites (tertiary alicyclic amines) is 1. The Balaban J connectivity index is 1.44. The van der Waals surface area contributed by atoms with Crippen LogP contribution in [0.2, 0.25) is 10.0 Å². The van der Waals surface area contributed by atoms with Gasteiger partial charge in [0.1, 0.15) is 6.54 Å². The minimum absolute atomic E-state index is 0.166. The first-order chi connectivity index (χ1) is 19.2. The van der Waals surface area contributed by atoms with Gasteiger partial charge in [-0.15, -0.1) is 0 Å². The van der Waals surface area contributed by atoms with Crippen LogP contribution in [-0.2, 0) is 11.3 Å². The Morgan fingerprint density at radius 2 is 1.70 bits per heavy atom. The normalized spacial score (nSPS) is 14.4. The lowest BCUT2D eigenvalue weighted by Gasteiger charge is -2.32. The van der Waals surface area contributed by atoms with E-state index in [2.05, 4.69) is 9.88 Å². The third-order valence-corrected chi connectivity index (χ3v) is 8.17. The second kappa shape index (κ2) is 11.8. The molecule has 0 saturated carbocycles. The molecule has 4 aromatic rings. The minimum atomic E-state index is -0.476. The Bertz CT molecular complexity index is 1630. The van der Waals surface area contributed by atoms with Gasteiger partial charge in [0, 0.05) is 19.2 Å². The zero-order valence-corrected chi connectivity index (χ0v) is 23.5. The summed E-state index contributed by atoms with van der Waals surface area (Å²) in [5.74, 6) is -0.696. The molecule has 1 fully saturated rings. The molecule has 1 unspecified atom stereocenters. The maximum Gasteiger partial charge on any atom is 0.269 e. The molecule has 10 heteroatoms. The Morgan fingerprint density at radius 3 is 2.40 bits per heavy atom. The van der Waals surface area contributed by atoms with Gasteiger partial charge in [-0.1, -0.05) is 59.6 Å². The van der Waals surface area contributed by atoms with Crippen LogP contribution in [0.3, 0.4) is 0 Å². The number of benzene rings is 3. The van der Waals surface area contributed by atoms with Gasteiger partial charge < -0.3 is 15.5 Å². The maximum absolute atomic E-state index is 13.7. The SMILES string of the molecule is CN(C(=O)Cn1c(=O)cnc2cc(Cl)c(Cl)cc21)C(CN1CCCC1)c1ccc(-c2cccc(C(N)=O)c2)cc1. The second-order valence-corrected chi connectivity index (χ2v) is 10.8. The standard InChI is InChI=1S/C30H29Cl2N5O3/c1-35(29(39)18-37-26-15-24(32)23(31)14-25(26)34-16-28(37)38)27(17-36-11-2-3-12-36)20-9-7-19(8-10-20)21-5-4-6-22(13-21)30(33)40/h4-10,13-16,27H,2-3,11-12,17-18H2,1H3,(H2,33,40). The smallest absolute Gasteiger partial charge is 0.269 e. The van der Waals surface area contributed by atoms with Crippen LogP contribution in [0.5, 0.6) is 0 Å². The van der Waals surface area contributed by atoms with E-state index in [0.29, 0.717) is 28.2 Å². The largest absolute Gasteiger partial charge is 0.366 e. The number of likely N-dealkylation sites (N-methyl/N-ethyl adjacent to an activating group) is 1. The van der Waals surface area contributed by atoms with Crippen LogP contribution in [0.15, 0.2) is 71.7 Å². The minimum Gasteiger partial charge on any atom is -0.366 e. The zero-order chi connectivity index (χ0) is 28.4. The Labute approximate surface area is 241 Å². The molecule has 0 radical (unpaired) electrons. The summed E-state index contributed by atoms with van der Waals surface area (Å²) in [5.41, 5.74) is 9.22. The highest BCUT2D eigenvalue weighted by Gasteiger charge is 2.26. The number of carbonyl (C=O) groups is 2. The summed E-state index contributed by atoms with van der Waals surface area (Å²) in [6, 6.07) is 18.1. The van der Waals surface area contributed by atoms with Gasteiger partial charge in [-0.05, 0) is 66.9 Å². The fraction of sp³-hybridized carbons (Fsp3) is 0.267. The number of nitrogens with zero attached hydrogens (tertiary/aromatic N) is 4. The molecule has 0 spiro atoms. The second-order valence-electron chi connectivity index (χ2n) is 10.0. The van der Waals surface area contributed by atoms with E-state index in [0.717, 1.165) is 42.6 Å². The van der Waals surface area contributed by atoms with Gasteiger partial charge in [0.05, 0.1) is 33.3 Å². The van der Waals surface area contributed by atoms with E-state index < -0.39 is 11.5 Å². The van der Waals surface area contributed by atoms with Crippen molar-refractivity contribution >= 4 is 46.0 Å². The van der Waals surface area contributed by atoms with Crippen molar-refractivity contribution in [1.82, 2.24) is 19.4 Å². The Morgan fingerprint density at radius 1 is 1.00 bits per heavy atom. The van der Waals surface area contributed by atoms with Gasteiger partial charge in [-0.2, -0.15) is 0 Å². The number of primary amides is 1.